The molecule has 1 aliphatic heterocycles. The Morgan fingerprint density at radius 1 is 1.32 bits per heavy atom. The molecule has 1 saturated heterocycles. The van der Waals surface area contributed by atoms with Crippen LogP contribution in [0.25, 0.3) is 0 Å². The van der Waals surface area contributed by atoms with Crippen molar-refractivity contribution in [3.63, 3.8) is 0 Å². The van der Waals surface area contributed by atoms with Crippen LogP contribution in [0.3, 0.4) is 0 Å². The second-order valence-corrected chi connectivity index (χ2v) is 4.69. The quantitative estimate of drug-likeness (QED) is 0.914. The van der Waals surface area contributed by atoms with Crippen LogP contribution >= 0.6 is 0 Å². The number of rotatable bonds is 4. The summed E-state index contributed by atoms with van der Waals surface area (Å²) in [5, 5.41) is 9.44. The summed E-state index contributed by atoms with van der Waals surface area (Å²) >= 11 is 0. The first-order chi connectivity index (χ1) is 8.94. The third-order valence-corrected chi connectivity index (χ3v) is 3.01. The fourth-order valence-corrected chi connectivity index (χ4v) is 2.13. The van der Waals surface area contributed by atoms with E-state index in [1.165, 1.54) is 6.07 Å². The Bertz CT molecular complexity index is 423. The number of hydrogen-bond donors (Lipinski definition) is 1. The fourth-order valence-electron chi connectivity index (χ4n) is 2.13. The van der Waals surface area contributed by atoms with Crippen molar-refractivity contribution in [2.75, 3.05) is 19.7 Å². The van der Waals surface area contributed by atoms with E-state index in [0.29, 0.717) is 25.1 Å². The Labute approximate surface area is 109 Å². The predicted molar refractivity (Wildman–Crippen MR) is 63.9 cm³/mol. The van der Waals surface area contributed by atoms with Gasteiger partial charge in [-0.3, -0.25) is 4.90 Å². The molecule has 1 aromatic carbocycles. The smallest absolute Gasteiger partial charge is 0.422 e. The third kappa shape index (κ3) is 4.40. The molecule has 0 saturated carbocycles. The molecule has 1 fully saturated rings. The van der Waals surface area contributed by atoms with Gasteiger partial charge in [-0.15, -0.1) is 0 Å². The first kappa shape index (κ1) is 14.1. The lowest BCUT2D eigenvalue weighted by Crippen LogP contribution is -2.23. The summed E-state index contributed by atoms with van der Waals surface area (Å²) < 4.78 is 41.3. The SMILES string of the molecule is O[C@H]1CCN(Cc2ccccc2OCC(F)(F)F)C1. The minimum absolute atomic E-state index is 0.251. The van der Waals surface area contributed by atoms with E-state index < -0.39 is 12.8 Å². The number of likely N-dealkylation sites (tertiary alicyclic amines) is 1. The normalized spacial score (nSPS) is 20.7. The van der Waals surface area contributed by atoms with E-state index in [1.54, 1.807) is 18.2 Å². The van der Waals surface area contributed by atoms with Crippen molar-refractivity contribution in [2.45, 2.75) is 25.2 Å². The van der Waals surface area contributed by atoms with Crippen LogP contribution in [0.1, 0.15) is 12.0 Å². The van der Waals surface area contributed by atoms with Crippen molar-refractivity contribution >= 4 is 0 Å². The van der Waals surface area contributed by atoms with Crippen LogP contribution in [0.15, 0.2) is 24.3 Å². The second-order valence-electron chi connectivity index (χ2n) is 4.69. The van der Waals surface area contributed by atoms with Gasteiger partial charge in [0.1, 0.15) is 5.75 Å². The molecule has 2 rings (SSSR count). The number of aliphatic hydroxyl groups excluding tert-OH is 1. The van der Waals surface area contributed by atoms with Gasteiger partial charge < -0.3 is 9.84 Å². The van der Waals surface area contributed by atoms with Gasteiger partial charge in [0, 0.05) is 25.2 Å². The molecule has 1 atom stereocenters. The maximum Gasteiger partial charge on any atom is 0.422 e. The summed E-state index contributed by atoms with van der Waals surface area (Å²) in [6.45, 7) is 0.500. The van der Waals surface area contributed by atoms with Crippen molar-refractivity contribution in [3.05, 3.63) is 29.8 Å². The zero-order chi connectivity index (χ0) is 13.9. The van der Waals surface area contributed by atoms with Crippen LogP contribution in [-0.2, 0) is 6.54 Å². The van der Waals surface area contributed by atoms with E-state index >= 15 is 0 Å². The summed E-state index contributed by atoms with van der Waals surface area (Å²) in [7, 11) is 0. The Morgan fingerprint density at radius 2 is 2.05 bits per heavy atom. The molecule has 0 aromatic heterocycles. The molecule has 0 aliphatic carbocycles. The molecule has 0 radical (unpaired) electrons. The number of benzene rings is 1. The molecule has 0 unspecified atom stereocenters. The van der Waals surface area contributed by atoms with Gasteiger partial charge in [-0.25, -0.2) is 0 Å². The Kier molecular flexibility index (Phi) is 4.31. The van der Waals surface area contributed by atoms with E-state index in [1.807, 2.05) is 4.90 Å². The highest BCUT2D eigenvalue weighted by molar-refractivity contribution is 5.33. The van der Waals surface area contributed by atoms with Gasteiger partial charge in [0.2, 0.25) is 0 Å². The number of halogens is 3. The number of aliphatic hydroxyl groups is 1. The number of nitrogens with zero attached hydrogens (tertiary/aromatic N) is 1. The lowest BCUT2D eigenvalue weighted by molar-refractivity contribution is -0.153. The van der Waals surface area contributed by atoms with Crippen LogP contribution in [0.4, 0.5) is 13.2 Å². The summed E-state index contributed by atoms with van der Waals surface area (Å²) in [4.78, 5) is 2.00. The summed E-state index contributed by atoms with van der Waals surface area (Å²) in [5.74, 6) is 0.251. The zero-order valence-electron chi connectivity index (χ0n) is 10.4. The molecule has 0 bridgehead atoms. The van der Waals surface area contributed by atoms with Crippen molar-refractivity contribution in [2.24, 2.45) is 0 Å². The molecule has 1 N–H and O–H groups in total. The number of hydrogen-bond acceptors (Lipinski definition) is 3. The number of β-amino-alcohol motifs (C(OH)–C–C–N with tert-alkyl or cyclic N) is 1. The van der Waals surface area contributed by atoms with Gasteiger partial charge in [-0.2, -0.15) is 13.2 Å². The third-order valence-electron chi connectivity index (χ3n) is 3.01. The van der Waals surface area contributed by atoms with Gasteiger partial charge in [-0.05, 0) is 12.5 Å². The molecule has 106 valence electrons. The van der Waals surface area contributed by atoms with Gasteiger partial charge in [0.05, 0.1) is 6.10 Å². The van der Waals surface area contributed by atoms with Crippen molar-refractivity contribution < 1.29 is 23.0 Å². The molecular weight excluding hydrogens is 259 g/mol. The molecule has 1 aromatic rings. The summed E-state index contributed by atoms with van der Waals surface area (Å²) in [6, 6.07) is 6.69. The van der Waals surface area contributed by atoms with Gasteiger partial charge in [-0.1, -0.05) is 18.2 Å². The summed E-state index contributed by atoms with van der Waals surface area (Å²) in [5.41, 5.74) is 0.709. The van der Waals surface area contributed by atoms with Crippen LogP contribution in [0, 0.1) is 0 Å². The lowest BCUT2D eigenvalue weighted by atomic mass is 10.2. The van der Waals surface area contributed by atoms with E-state index in [4.69, 9.17) is 4.74 Å². The molecule has 0 spiro atoms. The molecule has 3 nitrogen and oxygen atoms in total. The van der Waals surface area contributed by atoms with E-state index in [2.05, 4.69) is 0 Å². The Hall–Kier alpha value is -1.27. The number of para-hydroxylation sites is 1. The minimum atomic E-state index is -4.34. The molecule has 1 heterocycles. The highest BCUT2D eigenvalue weighted by Gasteiger charge is 2.29. The predicted octanol–water partition coefficient (Wildman–Crippen LogP) is 2.19. The standard InChI is InChI=1S/C13H16F3NO2/c14-13(15,16)9-19-12-4-2-1-3-10(12)7-17-6-5-11(18)8-17/h1-4,11,18H,5-9H2/t11-/m0/s1. The van der Waals surface area contributed by atoms with E-state index in [-0.39, 0.29) is 11.9 Å². The fraction of sp³-hybridized carbons (Fsp3) is 0.538. The van der Waals surface area contributed by atoms with Gasteiger partial charge in [0.15, 0.2) is 6.61 Å². The maximum absolute atomic E-state index is 12.2. The monoisotopic (exact) mass is 275 g/mol. The molecule has 6 heteroatoms. The zero-order valence-corrected chi connectivity index (χ0v) is 10.4. The van der Waals surface area contributed by atoms with Crippen molar-refractivity contribution in [3.8, 4) is 5.75 Å². The van der Waals surface area contributed by atoms with Crippen molar-refractivity contribution in [1.82, 2.24) is 4.90 Å². The van der Waals surface area contributed by atoms with Gasteiger partial charge in [0.25, 0.3) is 0 Å². The average molecular weight is 275 g/mol. The largest absolute Gasteiger partial charge is 0.484 e. The highest BCUT2D eigenvalue weighted by atomic mass is 19.4. The van der Waals surface area contributed by atoms with Gasteiger partial charge >= 0.3 is 6.18 Å². The van der Waals surface area contributed by atoms with E-state index in [0.717, 1.165) is 6.54 Å². The van der Waals surface area contributed by atoms with E-state index in [9.17, 15) is 18.3 Å². The minimum Gasteiger partial charge on any atom is -0.484 e. The van der Waals surface area contributed by atoms with Crippen LogP contribution in [0.5, 0.6) is 5.75 Å². The average Bonchev–Trinajstić information content (AvgIpc) is 2.73. The summed E-state index contributed by atoms with van der Waals surface area (Å²) in [6.07, 6.45) is -3.98. The molecular formula is C13H16F3NO2. The first-order valence-electron chi connectivity index (χ1n) is 6.12. The van der Waals surface area contributed by atoms with Crippen LogP contribution in [-0.4, -0.2) is 42.0 Å². The lowest BCUT2D eigenvalue weighted by Gasteiger charge is -2.18. The van der Waals surface area contributed by atoms with Crippen LogP contribution in [0.2, 0.25) is 0 Å². The molecule has 19 heavy (non-hydrogen) atoms. The first-order valence-corrected chi connectivity index (χ1v) is 6.12. The topological polar surface area (TPSA) is 32.7 Å². The highest BCUT2D eigenvalue weighted by Crippen LogP contribution is 2.24. The number of alkyl halides is 3. The van der Waals surface area contributed by atoms with Crippen LogP contribution < -0.4 is 4.74 Å². The number of ether oxygens (including phenoxy) is 1. The molecule has 1 aliphatic rings. The second kappa shape index (κ2) is 5.79. The maximum atomic E-state index is 12.2. The Morgan fingerprint density at radius 3 is 2.68 bits per heavy atom. The Balaban J connectivity index is 1.99. The molecule has 0 amide bonds. The van der Waals surface area contributed by atoms with Crippen molar-refractivity contribution in [1.29, 1.82) is 0 Å².